The first-order chi connectivity index (χ1) is 8.06. The number of aryl methyl sites for hydroxylation is 2. The average molecular weight is 253 g/mol. The van der Waals surface area contributed by atoms with E-state index in [1.54, 1.807) is 19.2 Å². The summed E-state index contributed by atoms with van der Waals surface area (Å²) in [6.07, 6.45) is 1.57. The van der Waals surface area contributed by atoms with Crippen LogP contribution in [0.15, 0.2) is 24.4 Å². The molecule has 0 aliphatic rings. The van der Waals surface area contributed by atoms with E-state index in [0.717, 1.165) is 5.56 Å². The standard InChI is InChI=1S/C12H10ClFN2O/c1-7-5-9(3-4-10(7)14)17-11-8(2)6-15-12(13)16-11/h3-6H,1-2H3. The van der Waals surface area contributed by atoms with Gasteiger partial charge in [0.15, 0.2) is 0 Å². The SMILES string of the molecule is Cc1cc(Oc2nc(Cl)ncc2C)ccc1F. The van der Waals surface area contributed by atoms with Crippen LogP contribution in [0.2, 0.25) is 5.28 Å². The van der Waals surface area contributed by atoms with Gasteiger partial charge in [0.1, 0.15) is 11.6 Å². The van der Waals surface area contributed by atoms with Gasteiger partial charge in [-0.15, -0.1) is 0 Å². The van der Waals surface area contributed by atoms with Crippen molar-refractivity contribution >= 4 is 11.6 Å². The molecule has 0 saturated heterocycles. The van der Waals surface area contributed by atoms with E-state index in [4.69, 9.17) is 16.3 Å². The third kappa shape index (κ3) is 2.71. The quantitative estimate of drug-likeness (QED) is 0.765. The van der Waals surface area contributed by atoms with Crippen LogP contribution in [-0.2, 0) is 0 Å². The minimum Gasteiger partial charge on any atom is -0.439 e. The molecule has 0 atom stereocenters. The Kier molecular flexibility index (Phi) is 3.24. The lowest BCUT2D eigenvalue weighted by molar-refractivity contribution is 0.455. The van der Waals surface area contributed by atoms with Crippen molar-refractivity contribution in [3.05, 3.63) is 46.6 Å². The fourth-order valence-electron chi connectivity index (χ4n) is 1.30. The van der Waals surface area contributed by atoms with E-state index in [9.17, 15) is 4.39 Å². The predicted octanol–water partition coefficient (Wildman–Crippen LogP) is 3.68. The van der Waals surface area contributed by atoms with E-state index in [1.807, 2.05) is 6.92 Å². The molecule has 0 aliphatic heterocycles. The van der Waals surface area contributed by atoms with Crippen LogP contribution in [0.25, 0.3) is 0 Å². The molecule has 0 bridgehead atoms. The maximum Gasteiger partial charge on any atom is 0.226 e. The summed E-state index contributed by atoms with van der Waals surface area (Å²) >= 11 is 5.68. The van der Waals surface area contributed by atoms with Gasteiger partial charge in [-0.05, 0) is 49.2 Å². The Hall–Kier alpha value is -1.68. The summed E-state index contributed by atoms with van der Waals surface area (Å²) in [5.41, 5.74) is 1.27. The Morgan fingerprint density at radius 1 is 1.24 bits per heavy atom. The fourth-order valence-corrected chi connectivity index (χ4v) is 1.43. The Morgan fingerprint density at radius 3 is 2.71 bits per heavy atom. The van der Waals surface area contributed by atoms with E-state index < -0.39 is 0 Å². The third-order valence-electron chi connectivity index (χ3n) is 2.24. The highest BCUT2D eigenvalue weighted by atomic mass is 35.5. The molecule has 1 heterocycles. The number of aromatic nitrogens is 2. The summed E-state index contributed by atoms with van der Waals surface area (Å²) in [5, 5.41) is 0.115. The molecule has 0 saturated carbocycles. The van der Waals surface area contributed by atoms with Gasteiger partial charge in [0.25, 0.3) is 0 Å². The summed E-state index contributed by atoms with van der Waals surface area (Å²) < 4.78 is 18.6. The zero-order valence-corrected chi connectivity index (χ0v) is 10.1. The van der Waals surface area contributed by atoms with Crippen LogP contribution >= 0.6 is 11.6 Å². The van der Waals surface area contributed by atoms with Crippen LogP contribution in [0, 0.1) is 19.7 Å². The van der Waals surface area contributed by atoms with Gasteiger partial charge in [-0.25, -0.2) is 9.37 Å². The predicted molar refractivity (Wildman–Crippen MR) is 63.0 cm³/mol. The highest BCUT2D eigenvalue weighted by molar-refractivity contribution is 6.28. The summed E-state index contributed by atoms with van der Waals surface area (Å²) in [4.78, 5) is 7.79. The first-order valence-electron chi connectivity index (χ1n) is 4.99. The second-order valence-corrected chi connectivity index (χ2v) is 3.98. The van der Waals surface area contributed by atoms with E-state index in [1.165, 1.54) is 12.1 Å². The molecule has 88 valence electrons. The van der Waals surface area contributed by atoms with E-state index in [-0.39, 0.29) is 11.1 Å². The van der Waals surface area contributed by atoms with Crippen molar-refractivity contribution in [1.29, 1.82) is 0 Å². The Bertz CT molecular complexity index is 560. The normalized spacial score (nSPS) is 10.4. The number of halogens is 2. The van der Waals surface area contributed by atoms with Crippen LogP contribution in [0.4, 0.5) is 4.39 Å². The van der Waals surface area contributed by atoms with Gasteiger partial charge in [-0.1, -0.05) is 0 Å². The molecule has 0 spiro atoms. The molecule has 0 amide bonds. The topological polar surface area (TPSA) is 35.0 Å². The lowest BCUT2D eigenvalue weighted by Gasteiger charge is -2.08. The number of hydrogen-bond donors (Lipinski definition) is 0. The van der Waals surface area contributed by atoms with Gasteiger partial charge in [0.2, 0.25) is 11.2 Å². The second kappa shape index (κ2) is 4.67. The first kappa shape index (κ1) is 11.8. The molecule has 0 N–H and O–H groups in total. The summed E-state index contributed by atoms with van der Waals surface area (Å²) in [6.45, 7) is 3.48. The molecule has 2 aromatic rings. The Morgan fingerprint density at radius 2 is 2.00 bits per heavy atom. The zero-order chi connectivity index (χ0) is 12.4. The molecule has 3 nitrogen and oxygen atoms in total. The molecule has 2 rings (SSSR count). The van der Waals surface area contributed by atoms with Crippen LogP contribution in [0.5, 0.6) is 11.6 Å². The van der Waals surface area contributed by atoms with E-state index in [2.05, 4.69) is 9.97 Å². The zero-order valence-electron chi connectivity index (χ0n) is 9.37. The smallest absolute Gasteiger partial charge is 0.226 e. The molecular formula is C12H10ClFN2O. The van der Waals surface area contributed by atoms with Crippen molar-refractivity contribution in [2.24, 2.45) is 0 Å². The number of ether oxygens (including phenoxy) is 1. The second-order valence-electron chi connectivity index (χ2n) is 3.64. The summed E-state index contributed by atoms with van der Waals surface area (Å²) in [5.74, 6) is 0.618. The Labute approximate surface area is 103 Å². The van der Waals surface area contributed by atoms with Crippen molar-refractivity contribution in [2.75, 3.05) is 0 Å². The maximum absolute atomic E-state index is 13.1. The molecule has 5 heteroatoms. The first-order valence-corrected chi connectivity index (χ1v) is 5.37. The number of hydrogen-bond acceptors (Lipinski definition) is 3. The van der Waals surface area contributed by atoms with Crippen LogP contribution in [0.1, 0.15) is 11.1 Å². The molecule has 1 aromatic heterocycles. The number of rotatable bonds is 2. The highest BCUT2D eigenvalue weighted by Gasteiger charge is 2.06. The summed E-state index contributed by atoms with van der Waals surface area (Å²) in [6, 6.07) is 4.49. The lowest BCUT2D eigenvalue weighted by Crippen LogP contribution is -1.94. The third-order valence-corrected chi connectivity index (χ3v) is 2.42. The fraction of sp³-hybridized carbons (Fsp3) is 0.167. The maximum atomic E-state index is 13.1. The Balaban J connectivity index is 2.31. The van der Waals surface area contributed by atoms with Crippen LogP contribution in [0.3, 0.4) is 0 Å². The van der Waals surface area contributed by atoms with Gasteiger partial charge in [-0.2, -0.15) is 4.98 Å². The molecule has 0 unspecified atom stereocenters. The van der Waals surface area contributed by atoms with E-state index in [0.29, 0.717) is 17.2 Å². The molecule has 17 heavy (non-hydrogen) atoms. The van der Waals surface area contributed by atoms with Crippen molar-refractivity contribution in [3.8, 4) is 11.6 Å². The van der Waals surface area contributed by atoms with Crippen molar-refractivity contribution in [3.63, 3.8) is 0 Å². The molecule has 0 radical (unpaired) electrons. The average Bonchev–Trinajstić information content (AvgIpc) is 2.29. The van der Waals surface area contributed by atoms with Gasteiger partial charge < -0.3 is 4.74 Å². The highest BCUT2D eigenvalue weighted by Crippen LogP contribution is 2.24. The summed E-state index contributed by atoms with van der Waals surface area (Å²) in [7, 11) is 0. The number of nitrogens with zero attached hydrogens (tertiary/aromatic N) is 2. The van der Waals surface area contributed by atoms with Gasteiger partial charge >= 0.3 is 0 Å². The van der Waals surface area contributed by atoms with Gasteiger partial charge in [0, 0.05) is 11.8 Å². The molecule has 0 aliphatic carbocycles. The lowest BCUT2D eigenvalue weighted by atomic mass is 10.2. The molecule has 1 aromatic carbocycles. The van der Waals surface area contributed by atoms with Crippen LogP contribution in [-0.4, -0.2) is 9.97 Å². The van der Waals surface area contributed by atoms with Crippen molar-refractivity contribution < 1.29 is 9.13 Å². The monoisotopic (exact) mass is 252 g/mol. The largest absolute Gasteiger partial charge is 0.439 e. The van der Waals surface area contributed by atoms with Crippen molar-refractivity contribution in [2.45, 2.75) is 13.8 Å². The van der Waals surface area contributed by atoms with E-state index >= 15 is 0 Å². The van der Waals surface area contributed by atoms with Gasteiger partial charge in [-0.3, -0.25) is 0 Å². The molecular weight excluding hydrogens is 243 g/mol. The van der Waals surface area contributed by atoms with Gasteiger partial charge in [0.05, 0.1) is 0 Å². The van der Waals surface area contributed by atoms with Crippen molar-refractivity contribution in [1.82, 2.24) is 9.97 Å². The minimum atomic E-state index is -0.269. The minimum absolute atomic E-state index is 0.115. The number of benzene rings is 1. The molecule has 0 fully saturated rings. The van der Waals surface area contributed by atoms with Crippen LogP contribution < -0.4 is 4.74 Å².